The number of carbonyl (C=O) groups is 2. The van der Waals surface area contributed by atoms with Gasteiger partial charge in [0.1, 0.15) is 18.1 Å². The van der Waals surface area contributed by atoms with Gasteiger partial charge in [-0.1, -0.05) is 13.3 Å². The van der Waals surface area contributed by atoms with Crippen LogP contribution < -0.4 is 20.5 Å². The van der Waals surface area contributed by atoms with Gasteiger partial charge in [-0.05, 0) is 18.1 Å². The minimum Gasteiger partial charge on any atom is -0.496 e. The standard InChI is InChI=1S/C18H21N3O4/c1-3-10-5-17(22)21-14(10)9-25-16-8-20-7-11-4-13(18(19)23)15(24-2)6-12(11)16/h4,6-8,10,14H,3,5,9H2,1-2H3,(H2,19,23)(H,21,22). The van der Waals surface area contributed by atoms with Crippen LogP contribution in [0.2, 0.25) is 0 Å². The summed E-state index contributed by atoms with van der Waals surface area (Å²) >= 11 is 0. The molecule has 1 aliphatic heterocycles. The molecule has 0 radical (unpaired) electrons. The third-order valence-electron chi connectivity index (χ3n) is 4.61. The number of hydrogen-bond acceptors (Lipinski definition) is 5. The lowest BCUT2D eigenvalue weighted by atomic mass is 9.98. The molecule has 2 aromatic rings. The van der Waals surface area contributed by atoms with E-state index in [9.17, 15) is 9.59 Å². The van der Waals surface area contributed by atoms with Gasteiger partial charge in [-0.3, -0.25) is 14.6 Å². The van der Waals surface area contributed by atoms with Gasteiger partial charge >= 0.3 is 0 Å². The number of primary amides is 1. The maximum Gasteiger partial charge on any atom is 0.252 e. The van der Waals surface area contributed by atoms with Gasteiger partial charge < -0.3 is 20.5 Å². The van der Waals surface area contributed by atoms with E-state index in [0.717, 1.165) is 17.2 Å². The summed E-state index contributed by atoms with van der Waals surface area (Å²) < 4.78 is 11.2. The Labute approximate surface area is 145 Å². The van der Waals surface area contributed by atoms with Crippen LogP contribution in [0.4, 0.5) is 0 Å². The van der Waals surface area contributed by atoms with Gasteiger partial charge in [-0.15, -0.1) is 0 Å². The van der Waals surface area contributed by atoms with E-state index in [4.69, 9.17) is 15.2 Å². The zero-order chi connectivity index (χ0) is 18.0. The Morgan fingerprint density at radius 1 is 1.36 bits per heavy atom. The number of nitrogens with zero attached hydrogens (tertiary/aromatic N) is 1. The second kappa shape index (κ2) is 6.96. The van der Waals surface area contributed by atoms with E-state index in [-0.39, 0.29) is 17.9 Å². The van der Waals surface area contributed by atoms with E-state index in [1.807, 2.05) is 0 Å². The number of rotatable bonds is 6. The molecule has 2 heterocycles. The van der Waals surface area contributed by atoms with E-state index in [2.05, 4.69) is 17.2 Å². The molecule has 2 amide bonds. The maximum absolute atomic E-state index is 11.6. The molecule has 1 saturated heterocycles. The number of methoxy groups -OCH3 is 1. The molecule has 3 N–H and O–H groups in total. The van der Waals surface area contributed by atoms with E-state index in [1.165, 1.54) is 7.11 Å². The maximum atomic E-state index is 11.6. The second-order valence-corrected chi connectivity index (χ2v) is 6.13. The molecule has 0 bridgehead atoms. The fourth-order valence-corrected chi connectivity index (χ4v) is 3.20. The quantitative estimate of drug-likeness (QED) is 0.830. The Bertz CT molecular complexity index is 821. The number of ether oxygens (including phenoxy) is 2. The van der Waals surface area contributed by atoms with Gasteiger partial charge in [0.15, 0.2) is 0 Å². The van der Waals surface area contributed by atoms with E-state index in [0.29, 0.717) is 30.1 Å². The van der Waals surface area contributed by atoms with Crippen LogP contribution in [0.3, 0.4) is 0 Å². The number of benzene rings is 1. The minimum absolute atomic E-state index is 0.0143. The lowest BCUT2D eigenvalue weighted by Crippen LogP contribution is -2.34. The molecule has 1 fully saturated rings. The number of amides is 2. The average Bonchev–Trinajstić information content (AvgIpc) is 2.98. The molecule has 0 aliphatic carbocycles. The highest BCUT2D eigenvalue weighted by Crippen LogP contribution is 2.32. The van der Waals surface area contributed by atoms with Gasteiger partial charge in [0, 0.05) is 23.4 Å². The van der Waals surface area contributed by atoms with Crippen molar-refractivity contribution in [2.24, 2.45) is 11.7 Å². The van der Waals surface area contributed by atoms with Gasteiger partial charge in [0.25, 0.3) is 5.91 Å². The van der Waals surface area contributed by atoms with Crippen molar-refractivity contribution in [1.82, 2.24) is 10.3 Å². The largest absolute Gasteiger partial charge is 0.496 e. The van der Waals surface area contributed by atoms with Crippen molar-refractivity contribution in [2.75, 3.05) is 13.7 Å². The molecule has 1 aliphatic rings. The SMILES string of the molecule is CCC1CC(=O)NC1COc1cncc2cc(C(N)=O)c(OC)cc12. The van der Waals surface area contributed by atoms with Crippen LogP contribution in [0, 0.1) is 5.92 Å². The van der Waals surface area contributed by atoms with Crippen molar-refractivity contribution < 1.29 is 19.1 Å². The molecule has 0 spiro atoms. The predicted molar refractivity (Wildman–Crippen MR) is 92.6 cm³/mol. The highest BCUT2D eigenvalue weighted by atomic mass is 16.5. The Balaban J connectivity index is 1.89. The van der Waals surface area contributed by atoms with Crippen molar-refractivity contribution in [1.29, 1.82) is 0 Å². The summed E-state index contributed by atoms with van der Waals surface area (Å²) in [5.41, 5.74) is 5.69. The van der Waals surface area contributed by atoms with Crippen LogP contribution in [0.5, 0.6) is 11.5 Å². The normalized spacial score (nSPS) is 19.7. The number of carbonyl (C=O) groups excluding carboxylic acids is 2. The van der Waals surface area contributed by atoms with E-state index < -0.39 is 5.91 Å². The number of fused-ring (bicyclic) bond motifs is 1. The molecule has 25 heavy (non-hydrogen) atoms. The molecular formula is C18H21N3O4. The molecule has 1 aromatic carbocycles. The van der Waals surface area contributed by atoms with Crippen LogP contribution in [0.25, 0.3) is 10.8 Å². The highest BCUT2D eigenvalue weighted by Gasteiger charge is 2.31. The van der Waals surface area contributed by atoms with Crippen molar-refractivity contribution in [3.63, 3.8) is 0 Å². The summed E-state index contributed by atoms with van der Waals surface area (Å²) in [6.45, 7) is 2.43. The Morgan fingerprint density at radius 2 is 2.16 bits per heavy atom. The smallest absolute Gasteiger partial charge is 0.252 e. The summed E-state index contributed by atoms with van der Waals surface area (Å²) in [5, 5.41) is 4.45. The van der Waals surface area contributed by atoms with Crippen molar-refractivity contribution >= 4 is 22.6 Å². The average molecular weight is 343 g/mol. The minimum atomic E-state index is -0.565. The van der Waals surface area contributed by atoms with E-state index >= 15 is 0 Å². The third kappa shape index (κ3) is 3.35. The lowest BCUT2D eigenvalue weighted by molar-refractivity contribution is -0.119. The summed E-state index contributed by atoms with van der Waals surface area (Å²) in [6.07, 6.45) is 4.70. The molecule has 2 atom stereocenters. The molecule has 2 unspecified atom stereocenters. The third-order valence-corrected chi connectivity index (χ3v) is 4.61. The monoisotopic (exact) mass is 343 g/mol. The summed E-state index contributed by atoms with van der Waals surface area (Å²) in [7, 11) is 1.48. The summed E-state index contributed by atoms with van der Waals surface area (Å²) in [6, 6.07) is 3.35. The first-order valence-corrected chi connectivity index (χ1v) is 8.21. The van der Waals surface area contributed by atoms with E-state index in [1.54, 1.807) is 24.5 Å². The second-order valence-electron chi connectivity index (χ2n) is 6.13. The Morgan fingerprint density at radius 3 is 2.84 bits per heavy atom. The predicted octanol–water partition coefficient (Wildman–Crippen LogP) is 1.64. The fourth-order valence-electron chi connectivity index (χ4n) is 3.20. The fraction of sp³-hybridized carbons (Fsp3) is 0.389. The van der Waals surface area contributed by atoms with Crippen molar-refractivity contribution in [3.05, 3.63) is 30.1 Å². The number of pyridine rings is 1. The topological polar surface area (TPSA) is 104 Å². The first kappa shape index (κ1) is 17.0. The summed E-state index contributed by atoms with van der Waals surface area (Å²) in [5.74, 6) is 0.722. The van der Waals surface area contributed by atoms with Gasteiger partial charge in [-0.2, -0.15) is 0 Å². The zero-order valence-electron chi connectivity index (χ0n) is 14.2. The van der Waals surface area contributed by atoms with Crippen LogP contribution in [0.1, 0.15) is 30.1 Å². The molecular weight excluding hydrogens is 322 g/mol. The molecule has 1 aromatic heterocycles. The Hall–Kier alpha value is -2.83. The number of nitrogens with two attached hydrogens (primary N) is 1. The molecule has 3 rings (SSSR count). The first-order chi connectivity index (χ1) is 12.0. The van der Waals surface area contributed by atoms with Gasteiger partial charge in [0.05, 0.1) is 24.9 Å². The van der Waals surface area contributed by atoms with Crippen LogP contribution in [-0.2, 0) is 4.79 Å². The number of hydrogen-bond donors (Lipinski definition) is 2. The number of nitrogens with one attached hydrogen (secondary N) is 1. The Kier molecular flexibility index (Phi) is 4.74. The van der Waals surface area contributed by atoms with Crippen LogP contribution in [0.15, 0.2) is 24.5 Å². The van der Waals surface area contributed by atoms with Crippen LogP contribution >= 0.6 is 0 Å². The highest BCUT2D eigenvalue weighted by molar-refractivity contribution is 6.01. The van der Waals surface area contributed by atoms with Crippen LogP contribution in [-0.4, -0.2) is 36.6 Å². The van der Waals surface area contributed by atoms with Crippen molar-refractivity contribution in [3.8, 4) is 11.5 Å². The molecule has 0 saturated carbocycles. The van der Waals surface area contributed by atoms with Gasteiger partial charge in [0.2, 0.25) is 5.91 Å². The molecule has 7 nitrogen and oxygen atoms in total. The summed E-state index contributed by atoms with van der Waals surface area (Å²) in [4.78, 5) is 27.3. The lowest BCUT2D eigenvalue weighted by Gasteiger charge is -2.19. The van der Waals surface area contributed by atoms with Gasteiger partial charge in [-0.25, -0.2) is 0 Å². The zero-order valence-corrected chi connectivity index (χ0v) is 14.2. The first-order valence-electron chi connectivity index (χ1n) is 8.21. The van der Waals surface area contributed by atoms with Crippen molar-refractivity contribution in [2.45, 2.75) is 25.8 Å². The molecule has 7 heteroatoms. The number of aromatic nitrogens is 1. The molecule has 132 valence electrons.